The monoisotopic (exact) mass is 410 g/mol. The van der Waals surface area contributed by atoms with Gasteiger partial charge in [0.05, 0.1) is 24.4 Å². The first-order valence-corrected chi connectivity index (χ1v) is 9.80. The van der Waals surface area contributed by atoms with Crippen LogP contribution in [0.15, 0.2) is 55.0 Å². The van der Waals surface area contributed by atoms with Gasteiger partial charge in [0.25, 0.3) is 5.91 Å². The van der Waals surface area contributed by atoms with Crippen LogP contribution < -0.4 is 5.32 Å². The number of halogens is 1. The Morgan fingerprint density at radius 3 is 2.87 bits per heavy atom. The van der Waals surface area contributed by atoms with E-state index < -0.39 is 24.2 Å². The minimum absolute atomic E-state index is 0.116. The zero-order chi connectivity index (χ0) is 21.1. The molecule has 3 aromatic rings. The number of pyridine rings is 1. The highest BCUT2D eigenvalue weighted by Gasteiger charge is 2.26. The molecule has 2 aromatic heterocycles. The summed E-state index contributed by atoms with van der Waals surface area (Å²) in [5.41, 5.74) is 2.46. The highest BCUT2D eigenvalue weighted by atomic mass is 19.1. The number of aromatic nitrogens is 3. The lowest BCUT2D eigenvalue weighted by Gasteiger charge is -2.28. The maximum Gasteiger partial charge on any atom is 0.270 e. The van der Waals surface area contributed by atoms with E-state index in [0.717, 1.165) is 5.69 Å². The Bertz CT molecular complexity index is 1010. The molecule has 1 amide bonds. The molecule has 0 aliphatic carbocycles. The van der Waals surface area contributed by atoms with E-state index in [9.17, 15) is 9.90 Å². The number of ether oxygens (including phenoxy) is 1. The van der Waals surface area contributed by atoms with Gasteiger partial charge in [0, 0.05) is 25.2 Å². The Morgan fingerprint density at radius 1 is 1.37 bits per heavy atom. The van der Waals surface area contributed by atoms with Gasteiger partial charge in [-0.1, -0.05) is 12.1 Å². The summed E-state index contributed by atoms with van der Waals surface area (Å²) in [6, 6.07) is 9.89. The number of amides is 1. The van der Waals surface area contributed by atoms with Crippen molar-refractivity contribution in [2.75, 3.05) is 13.2 Å². The second-order valence-corrected chi connectivity index (χ2v) is 7.34. The molecule has 30 heavy (non-hydrogen) atoms. The fourth-order valence-corrected chi connectivity index (χ4v) is 3.47. The van der Waals surface area contributed by atoms with Crippen LogP contribution in [0.5, 0.6) is 0 Å². The van der Waals surface area contributed by atoms with Crippen molar-refractivity contribution in [1.82, 2.24) is 20.1 Å². The van der Waals surface area contributed by atoms with Crippen LogP contribution >= 0.6 is 0 Å². The van der Waals surface area contributed by atoms with Gasteiger partial charge in [-0.2, -0.15) is 5.10 Å². The van der Waals surface area contributed by atoms with Crippen LogP contribution in [-0.4, -0.2) is 51.1 Å². The van der Waals surface area contributed by atoms with Crippen molar-refractivity contribution in [1.29, 1.82) is 0 Å². The zero-order valence-corrected chi connectivity index (χ0v) is 16.5. The standard InChI is InChI=1S/C22H23FN4O3/c1-14-12-24-19(22(29)26-18-7-10-30-13-20(18)28)11-17(14)21(23)15-3-5-16(6-4-15)27-9-2-8-25-27/h2-6,8-9,11-12,18,20-21,28H,7,10,13H2,1H3,(H,26,29)/t18-,20-,21+/m0/s1. The van der Waals surface area contributed by atoms with E-state index >= 15 is 4.39 Å². The van der Waals surface area contributed by atoms with E-state index in [1.54, 1.807) is 42.1 Å². The Labute approximate surface area is 173 Å². The van der Waals surface area contributed by atoms with Crippen LogP contribution in [-0.2, 0) is 4.74 Å². The van der Waals surface area contributed by atoms with Gasteiger partial charge in [-0.05, 0) is 54.3 Å². The first-order chi connectivity index (χ1) is 14.5. The molecule has 1 aromatic carbocycles. The Morgan fingerprint density at radius 2 is 2.17 bits per heavy atom. The molecule has 1 aliphatic heterocycles. The van der Waals surface area contributed by atoms with Gasteiger partial charge >= 0.3 is 0 Å². The number of nitrogens with zero attached hydrogens (tertiary/aromatic N) is 3. The normalized spacial score (nSPS) is 20.0. The summed E-state index contributed by atoms with van der Waals surface area (Å²) in [5, 5.41) is 16.9. The number of alkyl halides is 1. The first kappa shape index (κ1) is 20.2. The second kappa shape index (κ2) is 8.73. The molecule has 156 valence electrons. The summed E-state index contributed by atoms with van der Waals surface area (Å²) in [6.45, 7) is 2.41. The number of carbonyl (C=O) groups is 1. The number of carbonyl (C=O) groups excluding carboxylic acids is 1. The summed E-state index contributed by atoms with van der Waals surface area (Å²) in [6.07, 6.45) is 3.33. The lowest BCUT2D eigenvalue weighted by molar-refractivity contribution is -0.0261. The van der Waals surface area contributed by atoms with Crippen molar-refractivity contribution in [2.24, 2.45) is 0 Å². The molecule has 1 fully saturated rings. The zero-order valence-electron chi connectivity index (χ0n) is 16.5. The van der Waals surface area contributed by atoms with E-state index in [2.05, 4.69) is 15.4 Å². The molecule has 3 atom stereocenters. The SMILES string of the molecule is Cc1cnc(C(=O)N[C@H]2CCOC[C@@H]2O)cc1[C@H](F)c1ccc(-n2cccn2)cc1. The molecule has 3 heterocycles. The molecule has 0 radical (unpaired) electrons. The van der Waals surface area contributed by atoms with E-state index in [1.165, 1.54) is 12.3 Å². The number of aliphatic hydroxyl groups excluding tert-OH is 1. The molecule has 0 bridgehead atoms. The van der Waals surface area contributed by atoms with E-state index in [1.807, 2.05) is 12.3 Å². The third kappa shape index (κ3) is 4.24. The van der Waals surface area contributed by atoms with Crippen LogP contribution in [0.3, 0.4) is 0 Å². The van der Waals surface area contributed by atoms with Crippen molar-refractivity contribution in [3.8, 4) is 5.69 Å². The third-order valence-electron chi connectivity index (χ3n) is 5.25. The molecular weight excluding hydrogens is 387 g/mol. The largest absolute Gasteiger partial charge is 0.389 e. The number of hydrogen-bond acceptors (Lipinski definition) is 5. The third-order valence-corrected chi connectivity index (χ3v) is 5.25. The molecular formula is C22H23FN4O3. The van der Waals surface area contributed by atoms with Gasteiger partial charge < -0.3 is 15.2 Å². The van der Waals surface area contributed by atoms with Gasteiger partial charge in [-0.15, -0.1) is 0 Å². The van der Waals surface area contributed by atoms with Gasteiger partial charge in [0.1, 0.15) is 5.69 Å². The highest BCUT2D eigenvalue weighted by molar-refractivity contribution is 5.92. The number of benzene rings is 1. The fourth-order valence-electron chi connectivity index (χ4n) is 3.47. The van der Waals surface area contributed by atoms with Crippen molar-refractivity contribution in [3.63, 3.8) is 0 Å². The molecule has 1 saturated heterocycles. The molecule has 0 saturated carbocycles. The van der Waals surface area contributed by atoms with E-state index in [0.29, 0.717) is 29.7 Å². The topological polar surface area (TPSA) is 89.3 Å². The maximum atomic E-state index is 15.3. The van der Waals surface area contributed by atoms with E-state index in [-0.39, 0.29) is 12.3 Å². The van der Waals surface area contributed by atoms with Crippen LogP contribution in [0.1, 0.15) is 39.8 Å². The molecule has 4 rings (SSSR count). The van der Waals surface area contributed by atoms with E-state index in [4.69, 9.17) is 4.74 Å². The van der Waals surface area contributed by atoms with Crippen LogP contribution in [0.2, 0.25) is 0 Å². The summed E-state index contributed by atoms with van der Waals surface area (Å²) in [4.78, 5) is 16.7. The summed E-state index contributed by atoms with van der Waals surface area (Å²) >= 11 is 0. The molecule has 0 spiro atoms. The number of aryl methyl sites for hydroxylation is 1. The maximum absolute atomic E-state index is 15.3. The molecule has 0 unspecified atom stereocenters. The molecule has 7 nitrogen and oxygen atoms in total. The number of hydrogen-bond donors (Lipinski definition) is 2. The number of rotatable bonds is 5. The molecule has 2 N–H and O–H groups in total. The first-order valence-electron chi connectivity index (χ1n) is 9.80. The predicted octanol–water partition coefficient (Wildman–Crippen LogP) is 2.51. The fraction of sp³-hybridized carbons (Fsp3) is 0.318. The van der Waals surface area contributed by atoms with Crippen molar-refractivity contribution < 1.29 is 19.0 Å². The van der Waals surface area contributed by atoms with Crippen molar-refractivity contribution in [2.45, 2.75) is 31.7 Å². The Hall–Kier alpha value is -3.10. The Kier molecular flexibility index (Phi) is 5.87. The van der Waals surface area contributed by atoms with Gasteiger partial charge in [-0.25, -0.2) is 9.07 Å². The summed E-state index contributed by atoms with van der Waals surface area (Å²) < 4.78 is 22.2. The lowest BCUT2D eigenvalue weighted by atomic mass is 9.98. The van der Waals surface area contributed by atoms with Crippen molar-refractivity contribution in [3.05, 3.63) is 77.4 Å². The van der Waals surface area contributed by atoms with Gasteiger partial charge in [-0.3, -0.25) is 9.78 Å². The predicted molar refractivity (Wildman–Crippen MR) is 108 cm³/mol. The summed E-state index contributed by atoms with van der Waals surface area (Å²) in [7, 11) is 0. The Balaban J connectivity index is 1.53. The summed E-state index contributed by atoms with van der Waals surface area (Å²) in [5.74, 6) is -0.441. The quantitative estimate of drug-likeness (QED) is 0.675. The van der Waals surface area contributed by atoms with Gasteiger partial charge in [0.15, 0.2) is 6.17 Å². The van der Waals surface area contributed by atoms with Crippen LogP contribution in [0.4, 0.5) is 4.39 Å². The average Bonchev–Trinajstić information content (AvgIpc) is 3.30. The number of nitrogens with one attached hydrogen (secondary N) is 1. The lowest BCUT2D eigenvalue weighted by Crippen LogP contribution is -2.48. The minimum atomic E-state index is -1.40. The van der Waals surface area contributed by atoms with Crippen LogP contribution in [0, 0.1) is 6.92 Å². The average molecular weight is 410 g/mol. The highest BCUT2D eigenvalue weighted by Crippen LogP contribution is 2.29. The molecule has 1 aliphatic rings. The smallest absolute Gasteiger partial charge is 0.270 e. The van der Waals surface area contributed by atoms with Crippen LogP contribution in [0.25, 0.3) is 5.69 Å². The molecule has 8 heteroatoms. The van der Waals surface area contributed by atoms with Crippen molar-refractivity contribution >= 4 is 5.91 Å². The number of aliphatic hydroxyl groups is 1. The second-order valence-electron chi connectivity index (χ2n) is 7.34. The minimum Gasteiger partial charge on any atom is -0.389 e. The van der Waals surface area contributed by atoms with Gasteiger partial charge in [0.2, 0.25) is 0 Å².